The number of H-pyrrole nitrogens is 1. The Balaban J connectivity index is 1.28. The number of carbonyl (C=O) groups is 2. The number of fused-ring (bicyclic) bond motifs is 1. The molecule has 8 heteroatoms. The van der Waals surface area contributed by atoms with Gasteiger partial charge < -0.3 is 14.8 Å². The van der Waals surface area contributed by atoms with E-state index < -0.39 is 0 Å². The number of halogens is 1. The Morgan fingerprint density at radius 3 is 2.64 bits per heavy atom. The van der Waals surface area contributed by atoms with Crippen LogP contribution in [0.5, 0.6) is 0 Å². The molecule has 2 aliphatic heterocycles. The molecule has 1 aromatic heterocycles. The van der Waals surface area contributed by atoms with E-state index in [1.807, 2.05) is 58.5 Å². The molecule has 2 aromatic carbocycles. The van der Waals surface area contributed by atoms with Crippen LogP contribution >= 0.6 is 11.6 Å². The number of nitrogens with one attached hydrogen (secondary N) is 1. The number of nitrogens with zero attached hydrogens (tertiary/aromatic N) is 4. The average molecular weight is 506 g/mol. The van der Waals surface area contributed by atoms with Gasteiger partial charge in [0.05, 0.1) is 11.2 Å². The number of carbonyl (C=O) groups excluding carboxylic acids is 2. The summed E-state index contributed by atoms with van der Waals surface area (Å²) in [7, 11) is 0. The molecule has 2 saturated heterocycles. The van der Waals surface area contributed by atoms with E-state index in [2.05, 4.69) is 29.5 Å². The summed E-state index contributed by atoms with van der Waals surface area (Å²) in [6.07, 6.45) is 1.99. The maximum Gasteiger partial charge on any atom is 0.324 e. The van der Waals surface area contributed by atoms with Gasteiger partial charge in [0.15, 0.2) is 0 Å². The third-order valence-corrected chi connectivity index (χ3v) is 7.45. The van der Waals surface area contributed by atoms with E-state index in [0.717, 1.165) is 46.4 Å². The Morgan fingerprint density at radius 2 is 1.89 bits per heavy atom. The van der Waals surface area contributed by atoms with Gasteiger partial charge in [-0.15, -0.1) is 11.6 Å². The zero-order valence-electron chi connectivity index (χ0n) is 20.6. The topological polar surface area (TPSA) is 62.9 Å². The standard InChI is InChI=1S/C28H32ClN5O2/c1-20(18-32-13-14-33(19-21(32)2)27(35)22-7-4-3-5-8-22)24-17-30-26-23(24)9-6-10-25(26)34-16-15-31(12-11-29)28(34)36/h3-10,17,21,30H,1,11-16,18-19H2,2H3. The quantitative estimate of drug-likeness (QED) is 0.481. The fraction of sp³-hybridized carbons (Fsp3) is 0.357. The van der Waals surface area contributed by atoms with Gasteiger partial charge in [0.2, 0.25) is 0 Å². The number of alkyl halides is 1. The molecule has 0 aliphatic carbocycles. The number of hydrogen-bond acceptors (Lipinski definition) is 3. The normalized spacial score (nSPS) is 18.9. The van der Waals surface area contributed by atoms with E-state index in [0.29, 0.717) is 38.6 Å². The molecule has 5 rings (SSSR count). The highest BCUT2D eigenvalue weighted by Crippen LogP contribution is 2.33. The van der Waals surface area contributed by atoms with Crippen LogP contribution in [0.4, 0.5) is 10.5 Å². The highest BCUT2D eigenvalue weighted by atomic mass is 35.5. The van der Waals surface area contributed by atoms with Crippen LogP contribution in [-0.4, -0.2) is 89.4 Å². The van der Waals surface area contributed by atoms with Crippen molar-refractivity contribution in [2.24, 2.45) is 0 Å². The maximum absolute atomic E-state index is 12.9. The number of piperazine rings is 1. The Labute approximate surface area is 216 Å². The van der Waals surface area contributed by atoms with Gasteiger partial charge in [0, 0.05) is 80.4 Å². The molecule has 0 radical (unpaired) electrons. The van der Waals surface area contributed by atoms with Crippen molar-refractivity contribution < 1.29 is 9.59 Å². The summed E-state index contributed by atoms with van der Waals surface area (Å²) in [6.45, 7) is 11.4. The number of urea groups is 1. The largest absolute Gasteiger partial charge is 0.359 e. The van der Waals surface area contributed by atoms with E-state index in [4.69, 9.17) is 11.6 Å². The van der Waals surface area contributed by atoms with Gasteiger partial charge >= 0.3 is 6.03 Å². The lowest BCUT2D eigenvalue weighted by atomic mass is 10.0. The second-order valence-corrected chi connectivity index (χ2v) is 9.93. The monoisotopic (exact) mass is 505 g/mol. The fourth-order valence-corrected chi connectivity index (χ4v) is 5.48. The van der Waals surface area contributed by atoms with Crippen LogP contribution in [0.25, 0.3) is 16.5 Å². The summed E-state index contributed by atoms with van der Waals surface area (Å²) in [5, 5.41) is 1.06. The van der Waals surface area contributed by atoms with Crippen molar-refractivity contribution >= 4 is 45.7 Å². The molecule has 3 aromatic rings. The van der Waals surface area contributed by atoms with Gasteiger partial charge in [-0.2, -0.15) is 0 Å². The van der Waals surface area contributed by atoms with Gasteiger partial charge in [0.1, 0.15) is 0 Å². The predicted molar refractivity (Wildman–Crippen MR) is 146 cm³/mol. The van der Waals surface area contributed by atoms with Crippen molar-refractivity contribution in [2.45, 2.75) is 13.0 Å². The van der Waals surface area contributed by atoms with Crippen LogP contribution in [0.1, 0.15) is 22.8 Å². The molecule has 2 fully saturated rings. The first-order valence-corrected chi connectivity index (χ1v) is 13.0. The third kappa shape index (κ3) is 4.61. The SMILES string of the molecule is C=C(CN1CCN(C(=O)c2ccccc2)CC1C)c1c[nH]c2c(N3CCN(CCCl)C3=O)cccc12. The van der Waals surface area contributed by atoms with Crippen molar-refractivity contribution in [1.82, 2.24) is 19.7 Å². The van der Waals surface area contributed by atoms with Crippen LogP contribution in [0, 0.1) is 0 Å². The smallest absolute Gasteiger partial charge is 0.324 e. The molecule has 188 valence electrons. The zero-order chi connectivity index (χ0) is 25.2. The number of hydrogen-bond donors (Lipinski definition) is 1. The molecule has 1 atom stereocenters. The summed E-state index contributed by atoms with van der Waals surface area (Å²) in [5.74, 6) is 0.523. The predicted octanol–water partition coefficient (Wildman–Crippen LogP) is 4.51. The van der Waals surface area contributed by atoms with Crippen LogP contribution in [0.15, 0.2) is 61.3 Å². The maximum atomic E-state index is 12.9. The lowest BCUT2D eigenvalue weighted by molar-refractivity contribution is 0.0547. The first kappa shape index (κ1) is 24.4. The van der Waals surface area contributed by atoms with Gasteiger partial charge in [-0.1, -0.05) is 36.9 Å². The molecule has 36 heavy (non-hydrogen) atoms. The van der Waals surface area contributed by atoms with Crippen LogP contribution < -0.4 is 4.90 Å². The van der Waals surface area contributed by atoms with Crippen molar-refractivity contribution in [2.75, 3.05) is 56.6 Å². The van der Waals surface area contributed by atoms with Crippen LogP contribution in [0.3, 0.4) is 0 Å². The number of anilines is 1. The second-order valence-electron chi connectivity index (χ2n) is 9.55. The summed E-state index contributed by atoms with van der Waals surface area (Å²) in [6, 6.07) is 15.7. The lowest BCUT2D eigenvalue weighted by Crippen LogP contribution is -2.53. The van der Waals surface area contributed by atoms with E-state index in [-0.39, 0.29) is 18.0 Å². The molecule has 0 saturated carbocycles. The second kappa shape index (κ2) is 10.4. The molecule has 3 heterocycles. The number of aromatic amines is 1. The van der Waals surface area contributed by atoms with Gasteiger partial charge in [-0.3, -0.25) is 14.6 Å². The molecule has 0 bridgehead atoms. The Bertz CT molecular complexity index is 1270. The first-order valence-electron chi connectivity index (χ1n) is 12.5. The van der Waals surface area contributed by atoms with E-state index >= 15 is 0 Å². The summed E-state index contributed by atoms with van der Waals surface area (Å²) >= 11 is 5.86. The number of benzene rings is 2. The fourth-order valence-electron chi connectivity index (χ4n) is 5.28. The molecule has 3 amide bonds. The highest BCUT2D eigenvalue weighted by molar-refractivity contribution is 6.18. The van der Waals surface area contributed by atoms with E-state index in [9.17, 15) is 9.59 Å². The first-order chi connectivity index (χ1) is 17.5. The summed E-state index contributed by atoms with van der Waals surface area (Å²) in [4.78, 5) is 37.1. The van der Waals surface area contributed by atoms with Crippen molar-refractivity contribution in [3.63, 3.8) is 0 Å². The van der Waals surface area contributed by atoms with Gasteiger partial charge in [-0.25, -0.2) is 4.79 Å². The third-order valence-electron chi connectivity index (χ3n) is 7.28. The molecule has 7 nitrogen and oxygen atoms in total. The Hall–Kier alpha value is -3.29. The summed E-state index contributed by atoms with van der Waals surface area (Å²) in [5.41, 5.74) is 4.64. The number of aromatic nitrogens is 1. The number of para-hydroxylation sites is 1. The zero-order valence-corrected chi connectivity index (χ0v) is 21.4. The minimum atomic E-state index is -0.00475. The average Bonchev–Trinajstić information content (AvgIpc) is 3.49. The van der Waals surface area contributed by atoms with Crippen molar-refractivity contribution in [3.05, 3.63) is 72.4 Å². The minimum absolute atomic E-state index is 0.00475. The van der Waals surface area contributed by atoms with Gasteiger partial charge in [-0.05, 0) is 30.7 Å². The van der Waals surface area contributed by atoms with Crippen LogP contribution in [-0.2, 0) is 0 Å². The molecule has 1 N–H and O–H groups in total. The molecular weight excluding hydrogens is 474 g/mol. The van der Waals surface area contributed by atoms with E-state index in [1.54, 1.807) is 4.90 Å². The Morgan fingerprint density at radius 1 is 1.08 bits per heavy atom. The number of amides is 3. The highest BCUT2D eigenvalue weighted by Gasteiger charge is 2.31. The van der Waals surface area contributed by atoms with Crippen molar-refractivity contribution in [1.29, 1.82) is 0 Å². The molecular formula is C28H32ClN5O2. The lowest BCUT2D eigenvalue weighted by Gasteiger charge is -2.40. The summed E-state index contributed by atoms with van der Waals surface area (Å²) < 4.78 is 0. The van der Waals surface area contributed by atoms with Gasteiger partial charge in [0.25, 0.3) is 5.91 Å². The minimum Gasteiger partial charge on any atom is -0.359 e. The molecule has 0 spiro atoms. The number of rotatable bonds is 7. The molecule has 2 aliphatic rings. The van der Waals surface area contributed by atoms with E-state index in [1.165, 1.54) is 0 Å². The Kier molecular flexibility index (Phi) is 7.03. The van der Waals surface area contributed by atoms with Crippen LogP contribution in [0.2, 0.25) is 0 Å². The molecule has 1 unspecified atom stereocenters. The van der Waals surface area contributed by atoms with Crippen molar-refractivity contribution in [3.8, 4) is 0 Å².